The average molecular weight is 251 g/mol. The van der Waals surface area contributed by atoms with E-state index < -0.39 is 0 Å². The summed E-state index contributed by atoms with van der Waals surface area (Å²) in [5.41, 5.74) is 0.425. The Morgan fingerprint density at radius 3 is 2.88 bits per heavy atom. The highest BCUT2D eigenvalue weighted by Crippen LogP contribution is 2.15. The van der Waals surface area contributed by atoms with E-state index in [2.05, 4.69) is 17.2 Å². The van der Waals surface area contributed by atoms with Crippen LogP contribution < -0.4 is 5.32 Å². The van der Waals surface area contributed by atoms with Crippen molar-refractivity contribution in [3.63, 3.8) is 0 Å². The Bertz CT molecular complexity index is 451. The molecule has 3 nitrogen and oxygen atoms in total. The van der Waals surface area contributed by atoms with Crippen LogP contribution in [0.2, 0.25) is 0 Å². The van der Waals surface area contributed by atoms with Crippen LogP contribution in [0.4, 0.5) is 0 Å². The summed E-state index contributed by atoms with van der Waals surface area (Å²) in [5.74, 6) is 5.27. The Morgan fingerprint density at radius 1 is 1.59 bits per heavy atom. The molecular weight excluding hydrogens is 234 g/mol. The summed E-state index contributed by atoms with van der Waals surface area (Å²) in [7, 11) is 0. The number of thiophene rings is 1. The van der Waals surface area contributed by atoms with E-state index in [9.17, 15) is 4.79 Å². The first-order valence-corrected chi connectivity index (χ1v) is 6.37. The molecule has 0 spiro atoms. The molecule has 0 bridgehead atoms. The zero-order valence-corrected chi connectivity index (χ0v) is 11.1. The van der Waals surface area contributed by atoms with Gasteiger partial charge in [-0.15, -0.1) is 11.3 Å². The highest BCUT2D eigenvalue weighted by atomic mass is 32.1. The lowest BCUT2D eigenvalue weighted by Crippen LogP contribution is -2.42. The Hall–Kier alpha value is -1.31. The van der Waals surface area contributed by atoms with Crippen molar-refractivity contribution >= 4 is 17.2 Å². The molecule has 1 aromatic rings. The molecule has 0 aromatic carbocycles. The van der Waals surface area contributed by atoms with Gasteiger partial charge in [-0.1, -0.05) is 18.8 Å². The molecule has 0 saturated carbocycles. The first kappa shape index (κ1) is 13.8. The molecule has 4 heteroatoms. The van der Waals surface area contributed by atoms with Crippen molar-refractivity contribution in [2.75, 3.05) is 6.61 Å². The van der Waals surface area contributed by atoms with E-state index in [0.717, 1.165) is 11.3 Å². The van der Waals surface area contributed by atoms with Crippen LogP contribution in [-0.2, 0) is 0 Å². The summed E-state index contributed by atoms with van der Waals surface area (Å²) in [5, 5.41) is 13.3. The quantitative estimate of drug-likeness (QED) is 0.807. The van der Waals surface area contributed by atoms with Gasteiger partial charge in [-0.3, -0.25) is 4.79 Å². The molecule has 17 heavy (non-hydrogen) atoms. The van der Waals surface area contributed by atoms with E-state index in [4.69, 9.17) is 5.11 Å². The molecule has 1 heterocycles. The monoisotopic (exact) mass is 251 g/mol. The fourth-order valence-corrected chi connectivity index (χ4v) is 1.87. The van der Waals surface area contributed by atoms with Crippen LogP contribution in [-0.4, -0.2) is 23.2 Å². The second-order valence-corrected chi connectivity index (χ2v) is 5.26. The Balaban J connectivity index is 2.74. The number of carbonyl (C=O) groups excluding carboxylic acids is 1. The third-order valence-electron chi connectivity index (χ3n) is 2.49. The van der Waals surface area contributed by atoms with Crippen molar-refractivity contribution in [3.8, 4) is 11.8 Å². The molecule has 0 aliphatic carbocycles. The number of rotatable bonds is 3. The van der Waals surface area contributed by atoms with E-state index in [1.807, 2.05) is 20.8 Å². The predicted octanol–water partition coefficient (Wildman–Crippen LogP) is 2.01. The maximum absolute atomic E-state index is 11.9. The molecule has 0 unspecified atom stereocenters. The molecular formula is C13H17NO2S. The minimum Gasteiger partial charge on any atom is -0.384 e. The first-order valence-electron chi connectivity index (χ1n) is 5.49. The number of aliphatic hydroxyl groups excluding tert-OH is 1. The SMILES string of the molecule is CCC(C)(C)NC(=O)c1csc(C#CCO)c1. The van der Waals surface area contributed by atoms with Crippen LogP contribution in [0.3, 0.4) is 0 Å². The molecule has 2 N–H and O–H groups in total. The second kappa shape index (κ2) is 5.85. The van der Waals surface area contributed by atoms with Gasteiger partial charge in [0, 0.05) is 10.9 Å². The minimum absolute atomic E-state index is 0.0786. The minimum atomic E-state index is -0.198. The summed E-state index contributed by atoms with van der Waals surface area (Å²) in [6.07, 6.45) is 0.875. The summed E-state index contributed by atoms with van der Waals surface area (Å²) in [6.45, 7) is 5.85. The van der Waals surface area contributed by atoms with Crippen molar-refractivity contribution in [1.82, 2.24) is 5.32 Å². The van der Waals surface area contributed by atoms with Crippen molar-refractivity contribution in [1.29, 1.82) is 0 Å². The van der Waals surface area contributed by atoms with Crippen LogP contribution in [0.1, 0.15) is 42.4 Å². The maximum atomic E-state index is 11.9. The van der Waals surface area contributed by atoms with Gasteiger partial charge in [-0.2, -0.15) is 0 Å². The lowest BCUT2D eigenvalue weighted by atomic mass is 10.0. The zero-order chi connectivity index (χ0) is 12.9. The fraction of sp³-hybridized carbons (Fsp3) is 0.462. The second-order valence-electron chi connectivity index (χ2n) is 4.35. The smallest absolute Gasteiger partial charge is 0.252 e. The van der Waals surface area contributed by atoms with Gasteiger partial charge in [0.1, 0.15) is 6.61 Å². The van der Waals surface area contributed by atoms with E-state index in [1.54, 1.807) is 11.4 Å². The van der Waals surface area contributed by atoms with E-state index in [0.29, 0.717) is 5.56 Å². The van der Waals surface area contributed by atoms with Gasteiger partial charge in [0.15, 0.2) is 0 Å². The topological polar surface area (TPSA) is 49.3 Å². The maximum Gasteiger partial charge on any atom is 0.252 e. The molecule has 0 radical (unpaired) electrons. The first-order chi connectivity index (χ1) is 7.98. The van der Waals surface area contributed by atoms with Gasteiger partial charge < -0.3 is 10.4 Å². The van der Waals surface area contributed by atoms with E-state index in [-0.39, 0.29) is 18.1 Å². The van der Waals surface area contributed by atoms with Gasteiger partial charge in [-0.05, 0) is 26.3 Å². The summed E-state index contributed by atoms with van der Waals surface area (Å²) < 4.78 is 0. The van der Waals surface area contributed by atoms with Gasteiger partial charge in [0.25, 0.3) is 5.91 Å². The van der Waals surface area contributed by atoms with Crippen LogP contribution in [0.5, 0.6) is 0 Å². The zero-order valence-electron chi connectivity index (χ0n) is 10.3. The standard InChI is InChI=1S/C13H17NO2S/c1-4-13(2,3)14-12(16)10-8-11(17-9-10)6-5-7-15/h8-9,15H,4,7H2,1-3H3,(H,14,16). The molecule has 0 atom stereocenters. The van der Waals surface area contributed by atoms with E-state index >= 15 is 0 Å². The lowest BCUT2D eigenvalue weighted by molar-refractivity contribution is 0.0911. The molecule has 1 aromatic heterocycles. The van der Waals surface area contributed by atoms with Crippen LogP contribution in [0.25, 0.3) is 0 Å². The van der Waals surface area contributed by atoms with Crippen molar-refractivity contribution in [2.24, 2.45) is 0 Å². The Kier molecular flexibility index (Phi) is 4.73. The molecule has 92 valence electrons. The third-order valence-corrected chi connectivity index (χ3v) is 3.33. The molecule has 0 aliphatic heterocycles. The number of hydrogen-bond donors (Lipinski definition) is 2. The number of amides is 1. The number of aliphatic hydroxyl groups is 1. The van der Waals surface area contributed by atoms with Gasteiger partial charge in [0.2, 0.25) is 0 Å². The van der Waals surface area contributed by atoms with Gasteiger partial charge in [0.05, 0.1) is 10.4 Å². The highest BCUT2D eigenvalue weighted by molar-refractivity contribution is 7.10. The third kappa shape index (κ3) is 4.22. The summed E-state index contributed by atoms with van der Waals surface area (Å²) in [4.78, 5) is 12.7. The Labute approximate surface area is 106 Å². The Morgan fingerprint density at radius 2 is 2.29 bits per heavy atom. The van der Waals surface area contributed by atoms with E-state index in [1.165, 1.54) is 11.3 Å². The number of carbonyl (C=O) groups is 1. The normalized spacial score (nSPS) is 10.6. The predicted molar refractivity (Wildman–Crippen MR) is 70.1 cm³/mol. The van der Waals surface area contributed by atoms with Gasteiger partial charge >= 0.3 is 0 Å². The molecule has 0 saturated heterocycles. The van der Waals surface area contributed by atoms with Crippen molar-refractivity contribution in [2.45, 2.75) is 32.7 Å². The molecule has 1 amide bonds. The summed E-state index contributed by atoms with van der Waals surface area (Å²) in [6, 6.07) is 1.74. The van der Waals surface area contributed by atoms with Gasteiger partial charge in [-0.25, -0.2) is 0 Å². The lowest BCUT2D eigenvalue weighted by Gasteiger charge is -2.24. The van der Waals surface area contributed by atoms with Crippen LogP contribution >= 0.6 is 11.3 Å². The van der Waals surface area contributed by atoms with Crippen molar-refractivity contribution < 1.29 is 9.90 Å². The number of hydrogen-bond acceptors (Lipinski definition) is 3. The van der Waals surface area contributed by atoms with Crippen molar-refractivity contribution in [3.05, 3.63) is 21.9 Å². The number of nitrogens with one attached hydrogen (secondary N) is 1. The van der Waals surface area contributed by atoms with Crippen LogP contribution in [0, 0.1) is 11.8 Å². The largest absolute Gasteiger partial charge is 0.384 e. The highest BCUT2D eigenvalue weighted by Gasteiger charge is 2.19. The average Bonchev–Trinajstić information content (AvgIpc) is 2.74. The fourth-order valence-electron chi connectivity index (χ4n) is 1.12. The van der Waals surface area contributed by atoms with Crippen LogP contribution in [0.15, 0.2) is 11.4 Å². The molecule has 1 rings (SSSR count). The molecule has 0 aliphatic rings. The molecule has 0 fully saturated rings. The summed E-state index contributed by atoms with van der Waals surface area (Å²) >= 11 is 1.41.